The minimum Gasteiger partial charge on any atom is -0.488 e. The van der Waals surface area contributed by atoms with Crippen LogP contribution in [0.3, 0.4) is 0 Å². The minimum atomic E-state index is -0.466. The van der Waals surface area contributed by atoms with Crippen LogP contribution in [0.4, 0.5) is 0 Å². The molecule has 0 heterocycles. The molecule has 1 aromatic carbocycles. The molecule has 1 aliphatic rings. The summed E-state index contributed by atoms with van der Waals surface area (Å²) in [6.07, 6.45) is 2.34. The molecule has 1 saturated carbocycles. The maximum absolute atomic E-state index is 10.4. The standard InChI is InChI=1S/C15H22ClNO2/c1-10(2)17-13-4-3-5-14(15(13)18)19-12-8-6-11(16)7-9-12/h6-10,13-15,17-18H,3-5H2,1-2H3/t13-,14+,15+/m0/s1. The lowest BCUT2D eigenvalue weighted by Crippen LogP contribution is -2.52. The summed E-state index contributed by atoms with van der Waals surface area (Å²) < 4.78 is 5.89. The van der Waals surface area contributed by atoms with Gasteiger partial charge in [0.25, 0.3) is 0 Å². The summed E-state index contributed by atoms with van der Waals surface area (Å²) in [7, 11) is 0. The first-order chi connectivity index (χ1) is 9.06. The molecule has 4 heteroatoms. The van der Waals surface area contributed by atoms with E-state index in [1.165, 1.54) is 0 Å². The molecule has 0 aromatic heterocycles. The molecule has 0 spiro atoms. The van der Waals surface area contributed by atoms with Crippen LogP contribution in [0, 0.1) is 0 Å². The van der Waals surface area contributed by atoms with Crippen molar-refractivity contribution in [2.24, 2.45) is 0 Å². The number of aliphatic hydroxyl groups is 1. The third-order valence-corrected chi connectivity index (χ3v) is 3.70. The third-order valence-electron chi connectivity index (χ3n) is 3.45. The fourth-order valence-electron chi connectivity index (χ4n) is 2.57. The topological polar surface area (TPSA) is 41.5 Å². The minimum absolute atomic E-state index is 0.117. The van der Waals surface area contributed by atoms with Crippen LogP contribution in [-0.2, 0) is 0 Å². The van der Waals surface area contributed by atoms with E-state index in [0.29, 0.717) is 11.1 Å². The molecule has 0 aliphatic heterocycles. The van der Waals surface area contributed by atoms with Gasteiger partial charge in [0.2, 0.25) is 0 Å². The van der Waals surface area contributed by atoms with E-state index in [2.05, 4.69) is 19.2 Å². The molecule has 0 amide bonds. The maximum atomic E-state index is 10.4. The lowest BCUT2D eigenvalue weighted by atomic mass is 9.89. The molecule has 3 atom stereocenters. The molecule has 1 aliphatic carbocycles. The van der Waals surface area contributed by atoms with Crippen LogP contribution < -0.4 is 10.1 Å². The van der Waals surface area contributed by atoms with Gasteiger partial charge in [-0.05, 0) is 43.5 Å². The van der Waals surface area contributed by atoms with Crippen LogP contribution in [-0.4, -0.2) is 29.4 Å². The highest BCUT2D eigenvalue weighted by Crippen LogP contribution is 2.25. The van der Waals surface area contributed by atoms with E-state index in [1.807, 2.05) is 12.1 Å². The van der Waals surface area contributed by atoms with E-state index in [-0.39, 0.29) is 12.1 Å². The number of ether oxygens (including phenoxy) is 1. The first-order valence-electron chi connectivity index (χ1n) is 6.92. The van der Waals surface area contributed by atoms with Crippen molar-refractivity contribution >= 4 is 11.6 Å². The zero-order chi connectivity index (χ0) is 13.8. The Morgan fingerprint density at radius 1 is 1.26 bits per heavy atom. The zero-order valence-electron chi connectivity index (χ0n) is 11.5. The van der Waals surface area contributed by atoms with Crippen LogP contribution in [0.1, 0.15) is 33.1 Å². The molecule has 0 saturated heterocycles. The van der Waals surface area contributed by atoms with Gasteiger partial charge in [0.1, 0.15) is 18.0 Å². The van der Waals surface area contributed by atoms with E-state index >= 15 is 0 Å². The number of benzene rings is 1. The monoisotopic (exact) mass is 283 g/mol. The number of aliphatic hydroxyl groups excluding tert-OH is 1. The van der Waals surface area contributed by atoms with Crippen molar-refractivity contribution < 1.29 is 9.84 Å². The molecular formula is C15H22ClNO2. The van der Waals surface area contributed by atoms with E-state index < -0.39 is 6.10 Å². The number of hydrogen-bond acceptors (Lipinski definition) is 3. The van der Waals surface area contributed by atoms with E-state index in [0.717, 1.165) is 25.0 Å². The molecule has 1 fully saturated rings. The van der Waals surface area contributed by atoms with Crippen molar-refractivity contribution in [3.8, 4) is 5.75 Å². The summed E-state index contributed by atoms with van der Waals surface area (Å²) in [6, 6.07) is 7.77. The predicted molar refractivity (Wildman–Crippen MR) is 77.8 cm³/mol. The summed E-state index contributed by atoms with van der Waals surface area (Å²) >= 11 is 5.85. The van der Waals surface area contributed by atoms with Crippen molar-refractivity contribution in [1.82, 2.24) is 5.32 Å². The number of halogens is 1. The van der Waals surface area contributed by atoms with Crippen LogP contribution in [0.2, 0.25) is 5.02 Å². The number of nitrogens with one attached hydrogen (secondary N) is 1. The SMILES string of the molecule is CC(C)N[C@H]1CCC[C@@H](Oc2ccc(Cl)cc2)[C@@H]1O. The van der Waals surface area contributed by atoms with E-state index in [1.54, 1.807) is 12.1 Å². The summed E-state index contributed by atoms with van der Waals surface area (Å²) in [4.78, 5) is 0. The van der Waals surface area contributed by atoms with Gasteiger partial charge in [-0.2, -0.15) is 0 Å². The fraction of sp³-hybridized carbons (Fsp3) is 0.600. The van der Waals surface area contributed by atoms with Crippen molar-refractivity contribution in [2.45, 2.75) is 57.4 Å². The van der Waals surface area contributed by atoms with Gasteiger partial charge >= 0.3 is 0 Å². The molecule has 2 N–H and O–H groups in total. The van der Waals surface area contributed by atoms with E-state index in [9.17, 15) is 5.11 Å². The zero-order valence-corrected chi connectivity index (χ0v) is 12.2. The highest BCUT2D eigenvalue weighted by molar-refractivity contribution is 6.30. The Balaban J connectivity index is 1.97. The lowest BCUT2D eigenvalue weighted by Gasteiger charge is -2.36. The van der Waals surface area contributed by atoms with Crippen LogP contribution >= 0.6 is 11.6 Å². The molecule has 2 rings (SSSR count). The Morgan fingerprint density at radius 2 is 1.95 bits per heavy atom. The van der Waals surface area contributed by atoms with E-state index in [4.69, 9.17) is 16.3 Å². The summed E-state index contributed by atoms with van der Waals surface area (Å²) in [6.45, 7) is 4.19. The molecular weight excluding hydrogens is 262 g/mol. The molecule has 0 radical (unpaired) electrons. The average molecular weight is 284 g/mol. The second kappa shape index (κ2) is 6.60. The lowest BCUT2D eigenvalue weighted by molar-refractivity contribution is -0.0171. The summed E-state index contributed by atoms with van der Waals surface area (Å²) in [5.41, 5.74) is 0. The van der Waals surface area contributed by atoms with Gasteiger partial charge in [0.05, 0.1) is 0 Å². The molecule has 3 nitrogen and oxygen atoms in total. The van der Waals surface area contributed by atoms with Crippen LogP contribution in [0.15, 0.2) is 24.3 Å². The van der Waals surface area contributed by atoms with Crippen molar-refractivity contribution in [2.75, 3.05) is 0 Å². The molecule has 0 bridgehead atoms. The Bertz CT molecular complexity index is 394. The van der Waals surface area contributed by atoms with Gasteiger partial charge in [-0.3, -0.25) is 0 Å². The summed E-state index contributed by atoms with van der Waals surface area (Å²) in [5.74, 6) is 0.763. The van der Waals surface area contributed by atoms with Gasteiger partial charge in [0, 0.05) is 17.1 Å². The normalized spacial score (nSPS) is 27.5. The Labute approximate surface area is 119 Å². The third kappa shape index (κ3) is 4.10. The van der Waals surface area contributed by atoms with Crippen molar-refractivity contribution in [1.29, 1.82) is 0 Å². The molecule has 0 unspecified atom stereocenters. The predicted octanol–water partition coefficient (Wildman–Crippen LogP) is 3.00. The second-order valence-electron chi connectivity index (χ2n) is 5.46. The average Bonchev–Trinajstić information content (AvgIpc) is 2.36. The van der Waals surface area contributed by atoms with Crippen molar-refractivity contribution in [3.63, 3.8) is 0 Å². The Morgan fingerprint density at radius 3 is 2.58 bits per heavy atom. The molecule has 1 aromatic rings. The first kappa shape index (κ1) is 14.6. The Hall–Kier alpha value is -0.770. The Kier molecular flexibility index (Phi) is 5.08. The van der Waals surface area contributed by atoms with Gasteiger partial charge < -0.3 is 15.2 Å². The quantitative estimate of drug-likeness (QED) is 0.893. The van der Waals surface area contributed by atoms with Crippen molar-refractivity contribution in [3.05, 3.63) is 29.3 Å². The molecule has 106 valence electrons. The number of rotatable bonds is 4. The highest BCUT2D eigenvalue weighted by Gasteiger charge is 2.33. The second-order valence-corrected chi connectivity index (χ2v) is 5.90. The largest absolute Gasteiger partial charge is 0.488 e. The van der Waals surface area contributed by atoms with Gasteiger partial charge in [-0.25, -0.2) is 0 Å². The molecule has 19 heavy (non-hydrogen) atoms. The summed E-state index contributed by atoms with van der Waals surface area (Å²) in [5, 5.41) is 14.5. The highest BCUT2D eigenvalue weighted by atomic mass is 35.5. The van der Waals surface area contributed by atoms with Crippen LogP contribution in [0.25, 0.3) is 0 Å². The van der Waals surface area contributed by atoms with Gasteiger partial charge in [-0.1, -0.05) is 25.4 Å². The first-order valence-corrected chi connectivity index (χ1v) is 7.30. The van der Waals surface area contributed by atoms with Gasteiger partial charge in [0.15, 0.2) is 0 Å². The van der Waals surface area contributed by atoms with Crippen LogP contribution in [0.5, 0.6) is 5.75 Å². The fourth-order valence-corrected chi connectivity index (χ4v) is 2.69. The van der Waals surface area contributed by atoms with Gasteiger partial charge in [-0.15, -0.1) is 0 Å². The smallest absolute Gasteiger partial charge is 0.126 e. The number of hydrogen-bond donors (Lipinski definition) is 2. The maximum Gasteiger partial charge on any atom is 0.126 e.